The van der Waals surface area contributed by atoms with Crippen LogP contribution in [0.1, 0.15) is 5.56 Å². The van der Waals surface area contributed by atoms with Crippen molar-refractivity contribution >= 4 is 40.2 Å². The van der Waals surface area contributed by atoms with Crippen LogP contribution in [0.4, 0.5) is 5.69 Å². The van der Waals surface area contributed by atoms with E-state index in [4.69, 9.17) is 0 Å². The molecule has 0 aliphatic heterocycles. The average molecular weight is 337 g/mol. The van der Waals surface area contributed by atoms with Gasteiger partial charge in [0.25, 0.3) is 0 Å². The molecule has 0 atom stereocenters. The van der Waals surface area contributed by atoms with Crippen molar-refractivity contribution in [2.45, 2.75) is 12.1 Å². The van der Waals surface area contributed by atoms with Crippen LogP contribution in [0.5, 0.6) is 0 Å². The van der Waals surface area contributed by atoms with E-state index in [9.17, 15) is 4.79 Å². The third kappa shape index (κ3) is 2.63. The minimum Gasteiger partial charge on any atom is -0.325 e. The number of aromatic amines is 1. The zero-order valence-electron chi connectivity index (χ0n) is 13.0. The second kappa shape index (κ2) is 6.01. The number of aryl methyl sites for hydroxylation is 1. The van der Waals surface area contributed by atoms with Gasteiger partial charge in [0.2, 0.25) is 11.7 Å². The Bertz CT molecular complexity index is 1040. The van der Waals surface area contributed by atoms with E-state index < -0.39 is 0 Å². The molecule has 0 radical (unpaired) electrons. The number of aromatic nitrogens is 4. The summed E-state index contributed by atoms with van der Waals surface area (Å²) in [5, 5.41) is 10.8. The molecule has 0 bridgehead atoms. The zero-order chi connectivity index (χ0) is 16.5. The lowest BCUT2D eigenvalue weighted by Crippen LogP contribution is -2.15. The number of nitrogens with zero attached hydrogens (tertiary/aromatic N) is 3. The van der Waals surface area contributed by atoms with Gasteiger partial charge in [-0.1, -0.05) is 42.1 Å². The van der Waals surface area contributed by atoms with Gasteiger partial charge in [-0.15, -0.1) is 5.10 Å². The van der Waals surface area contributed by atoms with Gasteiger partial charge in [-0.3, -0.25) is 9.20 Å². The summed E-state index contributed by atoms with van der Waals surface area (Å²) in [4.78, 5) is 16.7. The quantitative estimate of drug-likeness (QED) is 0.561. The van der Waals surface area contributed by atoms with Gasteiger partial charge in [0.05, 0.1) is 16.8 Å². The Morgan fingerprint density at radius 1 is 1.21 bits per heavy atom. The van der Waals surface area contributed by atoms with Crippen molar-refractivity contribution in [3.8, 4) is 0 Å². The number of benzene rings is 2. The van der Waals surface area contributed by atoms with E-state index in [2.05, 4.69) is 20.5 Å². The Hall–Kier alpha value is -2.80. The van der Waals surface area contributed by atoms with Gasteiger partial charge in [-0.25, -0.2) is 10.1 Å². The average Bonchev–Trinajstić information content (AvgIpc) is 3.14. The molecule has 0 aliphatic carbocycles. The van der Waals surface area contributed by atoms with E-state index in [-0.39, 0.29) is 11.7 Å². The number of imidazole rings is 1. The molecular formula is C17H15N5OS. The number of carbonyl (C=O) groups excluding carboxylic acids is 1. The van der Waals surface area contributed by atoms with Crippen LogP contribution >= 0.6 is 11.8 Å². The highest BCUT2D eigenvalue weighted by Crippen LogP contribution is 2.23. The standard InChI is InChI=1S/C17H15N5OS/c1-11-6-2-3-7-12(11)18-15(23)10-24-17-21-20-16-19-13-8-4-5-9-14(13)22(16)17/h2-9H,10H2,1H3,(H,18,23)(H,19,20). The minimum atomic E-state index is -0.0603. The molecule has 4 aromatic rings. The van der Waals surface area contributed by atoms with Crippen molar-refractivity contribution in [2.75, 3.05) is 11.1 Å². The number of thioether (sulfide) groups is 1. The predicted molar refractivity (Wildman–Crippen MR) is 95.4 cm³/mol. The van der Waals surface area contributed by atoms with Crippen LogP contribution in [0.3, 0.4) is 0 Å². The van der Waals surface area contributed by atoms with Gasteiger partial charge in [-0.2, -0.15) is 0 Å². The van der Waals surface area contributed by atoms with Crippen molar-refractivity contribution in [1.82, 2.24) is 19.6 Å². The second-order valence-electron chi connectivity index (χ2n) is 5.42. The Kier molecular flexibility index (Phi) is 3.70. The van der Waals surface area contributed by atoms with Gasteiger partial charge in [0.15, 0.2) is 5.16 Å². The summed E-state index contributed by atoms with van der Waals surface area (Å²) in [6.45, 7) is 1.97. The lowest BCUT2D eigenvalue weighted by Gasteiger charge is -2.07. The van der Waals surface area contributed by atoms with Crippen LogP contribution in [0, 0.1) is 6.92 Å². The molecule has 0 spiro atoms. The Morgan fingerprint density at radius 2 is 2.00 bits per heavy atom. The molecular weight excluding hydrogens is 322 g/mol. The van der Waals surface area contributed by atoms with E-state index >= 15 is 0 Å². The number of carbonyl (C=O) groups is 1. The fourth-order valence-electron chi connectivity index (χ4n) is 2.57. The maximum atomic E-state index is 12.2. The van der Waals surface area contributed by atoms with Crippen LogP contribution in [-0.2, 0) is 4.79 Å². The summed E-state index contributed by atoms with van der Waals surface area (Å²) in [6.07, 6.45) is 0. The fraction of sp³-hybridized carbons (Fsp3) is 0.118. The number of amides is 1. The number of rotatable bonds is 4. The van der Waals surface area contributed by atoms with Gasteiger partial charge in [-0.05, 0) is 30.7 Å². The highest BCUT2D eigenvalue weighted by Gasteiger charge is 2.13. The van der Waals surface area contributed by atoms with Crippen LogP contribution in [0.25, 0.3) is 16.8 Å². The third-order valence-corrected chi connectivity index (χ3v) is 4.69. The lowest BCUT2D eigenvalue weighted by atomic mass is 10.2. The number of fused-ring (bicyclic) bond motifs is 3. The molecule has 2 heterocycles. The van der Waals surface area contributed by atoms with Crippen molar-refractivity contribution in [3.63, 3.8) is 0 Å². The summed E-state index contributed by atoms with van der Waals surface area (Å²) in [5.41, 5.74) is 3.75. The first-order valence-corrected chi connectivity index (χ1v) is 8.51. The molecule has 6 nitrogen and oxygen atoms in total. The maximum absolute atomic E-state index is 12.2. The number of para-hydroxylation sites is 3. The molecule has 120 valence electrons. The lowest BCUT2D eigenvalue weighted by molar-refractivity contribution is -0.113. The second-order valence-corrected chi connectivity index (χ2v) is 6.36. The highest BCUT2D eigenvalue weighted by atomic mass is 32.2. The summed E-state index contributed by atoms with van der Waals surface area (Å²) in [7, 11) is 0. The van der Waals surface area contributed by atoms with Crippen molar-refractivity contribution in [2.24, 2.45) is 0 Å². The van der Waals surface area contributed by atoms with Crippen molar-refractivity contribution < 1.29 is 4.79 Å². The molecule has 2 aromatic heterocycles. The molecule has 7 heteroatoms. The van der Waals surface area contributed by atoms with E-state index in [0.717, 1.165) is 27.4 Å². The minimum absolute atomic E-state index is 0.0603. The number of nitrogens with one attached hydrogen (secondary N) is 2. The topological polar surface area (TPSA) is 75.1 Å². The Balaban J connectivity index is 1.53. The molecule has 0 fully saturated rings. The molecule has 4 rings (SSSR count). The van der Waals surface area contributed by atoms with Crippen LogP contribution in [-0.4, -0.2) is 31.2 Å². The molecule has 2 aromatic carbocycles. The van der Waals surface area contributed by atoms with Gasteiger partial charge < -0.3 is 5.32 Å². The first kappa shape index (κ1) is 14.8. The van der Waals surface area contributed by atoms with Crippen LogP contribution in [0.15, 0.2) is 53.7 Å². The SMILES string of the molecule is Cc1ccccc1NC(=O)CSc1n[nH]c2nc3ccccc3n12. The first-order valence-electron chi connectivity index (χ1n) is 7.52. The van der Waals surface area contributed by atoms with Crippen molar-refractivity contribution in [1.29, 1.82) is 0 Å². The van der Waals surface area contributed by atoms with Crippen molar-refractivity contribution in [3.05, 3.63) is 54.1 Å². The molecule has 1 amide bonds. The first-order chi connectivity index (χ1) is 11.7. The van der Waals surface area contributed by atoms with E-state index in [0.29, 0.717) is 5.78 Å². The zero-order valence-corrected chi connectivity index (χ0v) is 13.8. The smallest absolute Gasteiger partial charge is 0.234 e. The Morgan fingerprint density at radius 3 is 2.88 bits per heavy atom. The summed E-state index contributed by atoms with van der Waals surface area (Å²) in [6, 6.07) is 15.6. The molecule has 0 saturated carbocycles. The van der Waals surface area contributed by atoms with Crippen LogP contribution < -0.4 is 5.32 Å². The summed E-state index contributed by atoms with van der Waals surface area (Å²) >= 11 is 1.38. The number of hydrogen-bond donors (Lipinski definition) is 2. The molecule has 0 aliphatic rings. The van der Waals surface area contributed by atoms with Gasteiger partial charge in [0, 0.05) is 5.69 Å². The summed E-state index contributed by atoms with van der Waals surface area (Å²) < 4.78 is 1.93. The van der Waals surface area contributed by atoms with E-state index in [1.54, 1.807) is 0 Å². The van der Waals surface area contributed by atoms with Gasteiger partial charge in [0.1, 0.15) is 0 Å². The van der Waals surface area contributed by atoms with Crippen LogP contribution in [0.2, 0.25) is 0 Å². The highest BCUT2D eigenvalue weighted by molar-refractivity contribution is 7.99. The molecule has 0 saturated heterocycles. The van der Waals surface area contributed by atoms with Gasteiger partial charge >= 0.3 is 0 Å². The molecule has 0 unspecified atom stereocenters. The summed E-state index contributed by atoms with van der Waals surface area (Å²) in [5.74, 6) is 0.897. The Labute approximate surface area is 142 Å². The number of hydrogen-bond acceptors (Lipinski definition) is 4. The predicted octanol–water partition coefficient (Wildman–Crippen LogP) is 3.25. The normalized spacial score (nSPS) is 11.2. The fourth-order valence-corrected chi connectivity index (χ4v) is 3.33. The van der Waals surface area contributed by atoms with E-state index in [1.807, 2.05) is 59.9 Å². The monoisotopic (exact) mass is 337 g/mol. The molecule has 2 N–H and O–H groups in total. The number of H-pyrrole nitrogens is 1. The third-order valence-electron chi connectivity index (χ3n) is 3.76. The largest absolute Gasteiger partial charge is 0.325 e. The number of anilines is 1. The maximum Gasteiger partial charge on any atom is 0.234 e. The van der Waals surface area contributed by atoms with E-state index in [1.165, 1.54) is 11.8 Å². The molecule has 24 heavy (non-hydrogen) atoms.